The topological polar surface area (TPSA) is 34.8 Å². The number of hydrogen-bond donors (Lipinski definition) is 1. The summed E-state index contributed by atoms with van der Waals surface area (Å²) in [5.41, 5.74) is 4.75. The summed E-state index contributed by atoms with van der Waals surface area (Å²) in [4.78, 5) is 0. The van der Waals surface area contributed by atoms with E-state index in [2.05, 4.69) is 72.7 Å². The quantitative estimate of drug-likeness (QED) is 0.892. The lowest BCUT2D eigenvalue weighted by atomic mass is 10.2. The normalized spacial score (nSPS) is 11.3. The van der Waals surface area contributed by atoms with E-state index in [4.69, 9.17) is 0 Å². The third-order valence-electron chi connectivity index (χ3n) is 3.46. The van der Waals surface area contributed by atoms with Crippen LogP contribution in [0.5, 0.6) is 0 Å². The SMILES string of the molecule is CCn1ccc(CNc2c(C)nn(C(C)C)c2C)c1. The molecule has 0 aromatic carbocycles. The summed E-state index contributed by atoms with van der Waals surface area (Å²) in [6.07, 6.45) is 4.30. The van der Waals surface area contributed by atoms with Crippen LogP contribution in [0.15, 0.2) is 18.5 Å². The molecule has 0 aliphatic rings. The molecule has 104 valence electrons. The van der Waals surface area contributed by atoms with Crippen LogP contribution in [0.1, 0.15) is 43.8 Å². The molecule has 0 amide bonds. The average Bonchev–Trinajstić information content (AvgIpc) is 2.93. The number of nitrogens with one attached hydrogen (secondary N) is 1. The largest absolute Gasteiger partial charge is 0.378 e. The summed E-state index contributed by atoms with van der Waals surface area (Å²) < 4.78 is 4.27. The molecule has 4 heteroatoms. The first-order valence-corrected chi connectivity index (χ1v) is 6.97. The second kappa shape index (κ2) is 5.51. The summed E-state index contributed by atoms with van der Waals surface area (Å²) in [6.45, 7) is 12.5. The van der Waals surface area contributed by atoms with Crippen molar-refractivity contribution in [2.24, 2.45) is 0 Å². The predicted molar refractivity (Wildman–Crippen MR) is 79.5 cm³/mol. The van der Waals surface area contributed by atoms with Gasteiger partial charge in [0.2, 0.25) is 0 Å². The Hall–Kier alpha value is -1.71. The van der Waals surface area contributed by atoms with Crippen LogP contribution < -0.4 is 5.32 Å². The highest BCUT2D eigenvalue weighted by Gasteiger charge is 2.12. The number of hydrogen-bond acceptors (Lipinski definition) is 2. The molecule has 1 N–H and O–H groups in total. The maximum atomic E-state index is 4.59. The lowest BCUT2D eigenvalue weighted by Crippen LogP contribution is -2.06. The van der Waals surface area contributed by atoms with E-state index >= 15 is 0 Å². The van der Waals surface area contributed by atoms with Crippen molar-refractivity contribution in [2.75, 3.05) is 5.32 Å². The zero-order chi connectivity index (χ0) is 14.0. The van der Waals surface area contributed by atoms with Gasteiger partial charge in [0.15, 0.2) is 0 Å². The van der Waals surface area contributed by atoms with Gasteiger partial charge in [-0.25, -0.2) is 0 Å². The van der Waals surface area contributed by atoms with E-state index in [1.54, 1.807) is 0 Å². The van der Waals surface area contributed by atoms with Crippen LogP contribution in [0.4, 0.5) is 5.69 Å². The molecule has 19 heavy (non-hydrogen) atoms. The maximum Gasteiger partial charge on any atom is 0.0828 e. The highest BCUT2D eigenvalue weighted by atomic mass is 15.3. The van der Waals surface area contributed by atoms with Gasteiger partial charge in [-0.15, -0.1) is 0 Å². The van der Waals surface area contributed by atoms with Crippen molar-refractivity contribution in [1.82, 2.24) is 14.3 Å². The van der Waals surface area contributed by atoms with Crippen molar-refractivity contribution in [1.29, 1.82) is 0 Å². The van der Waals surface area contributed by atoms with Crippen LogP contribution in [-0.4, -0.2) is 14.3 Å². The molecule has 2 rings (SSSR count). The minimum absolute atomic E-state index is 0.399. The Morgan fingerprint density at radius 2 is 2.05 bits per heavy atom. The summed E-state index contributed by atoms with van der Waals surface area (Å²) in [5, 5.41) is 8.11. The van der Waals surface area contributed by atoms with Gasteiger partial charge in [0.1, 0.15) is 0 Å². The van der Waals surface area contributed by atoms with Crippen molar-refractivity contribution in [3.05, 3.63) is 35.4 Å². The minimum atomic E-state index is 0.399. The van der Waals surface area contributed by atoms with Crippen LogP contribution in [0.25, 0.3) is 0 Å². The number of nitrogens with zero attached hydrogens (tertiary/aromatic N) is 3. The van der Waals surface area contributed by atoms with Gasteiger partial charge in [-0.2, -0.15) is 5.10 Å². The van der Waals surface area contributed by atoms with Gasteiger partial charge in [-0.3, -0.25) is 4.68 Å². The molecule has 2 aromatic rings. The fourth-order valence-corrected chi connectivity index (χ4v) is 2.40. The first-order chi connectivity index (χ1) is 9.02. The monoisotopic (exact) mass is 260 g/mol. The Morgan fingerprint density at radius 3 is 2.58 bits per heavy atom. The third kappa shape index (κ3) is 2.83. The lowest BCUT2D eigenvalue weighted by Gasteiger charge is -2.09. The van der Waals surface area contributed by atoms with E-state index in [1.165, 1.54) is 11.3 Å². The van der Waals surface area contributed by atoms with Gasteiger partial charge < -0.3 is 9.88 Å². The van der Waals surface area contributed by atoms with Crippen molar-refractivity contribution in [2.45, 2.75) is 53.8 Å². The van der Waals surface area contributed by atoms with E-state index in [9.17, 15) is 0 Å². The summed E-state index contributed by atoms with van der Waals surface area (Å²) in [5.74, 6) is 0. The predicted octanol–water partition coefficient (Wildman–Crippen LogP) is 3.51. The Balaban J connectivity index is 2.11. The van der Waals surface area contributed by atoms with E-state index in [-0.39, 0.29) is 0 Å². The second-order valence-electron chi connectivity index (χ2n) is 5.29. The molecule has 0 saturated heterocycles. The minimum Gasteiger partial charge on any atom is -0.378 e. The Kier molecular flexibility index (Phi) is 3.98. The van der Waals surface area contributed by atoms with Gasteiger partial charge in [-0.1, -0.05) is 0 Å². The van der Waals surface area contributed by atoms with E-state index < -0.39 is 0 Å². The van der Waals surface area contributed by atoms with Gasteiger partial charge >= 0.3 is 0 Å². The van der Waals surface area contributed by atoms with Gasteiger partial charge in [0.25, 0.3) is 0 Å². The van der Waals surface area contributed by atoms with Crippen LogP contribution in [-0.2, 0) is 13.1 Å². The Bertz CT molecular complexity index is 548. The third-order valence-corrected chi connectivity index (χ3v) is 3.46. The highest BCUT2D eigenvalue weighted by molar-refractivity contribution is 5.52. The van der Waals surface area contributed by atoms with Gasteiger partial charge in [0, 0.05) is 31.5 Å². The number of anilines is 1. The van der Waals surface area contributed by atoms with Crippen LogP contribution in [0.3, 0.4) is 0 Å². The molecule has 0 bridgehead atoms. The summed E-state index contributed by atoms with van der Waals surface area (Å²) in [6, 6.07) is 2.56. The average molecular weight is 260 g/mol. The molecule has 2 heterocycles. The van der Waals surface area contributed by atoms with Crippen molar-refractivity contribution in [3.8, 4) is 0 Å². The molecule has 0 atom stereocenters. The molecule has 2 aromatic heterocycles. The highest BCUT2D eigenvalue weighted by Crippen LogP contribution is 2.23. The fourth-order valence-electron chi connectivity index (χ4n) is 2.40. The summed E-state index contributed by atoms with van der Waals surface area (Å²) in [7, 11) is 0. The fraction of sp³-hybridized carbons (Fsp3) is 0.533. The second-order valence-corrected chi connectivity index (χ2v) is 5.29. The lowest BCUT2D eigenvalue weighted by molar-refractivity contribution is 0.516. The molecule has 0 fully saturated rings. The van der Waals surface area contributed by atoms with Crippen molar-refractivity contribution < 1.29 is 0 Å². The molecular formula is C15H24N4. The molecule has 0 aliphatic carbocycles. The first kappa shape index (κ1) is 13.7. The standard InChI is InChI=1S/C15H24N4/c1-6-18-8-7-14(10-18)9-16-15-12(4)17-19(11(2)3)13(15)5/h7-8,10-11,16H,6,9H2,1-5H3. The number of rotatable bonds is 5. The van der Waals surface area contributed by atoms with E-state index in [1.807, 2.05) is 0 Å². The van der Waals surface area contributed by atoms with Crippen molar-refractivity contribution in [3.63, 3.8) is 0 Å². The van der Waals surface area contributed by atoms with Crippen LogP contribution >= 0.6 is 0 Å². The van der Waals surface area contributed by atoms with E-state index in [0.29, 0.717) is 6.04 Å². The molecule has 4 nitrogen and oxygen atoms in total. The molecular weight excluding hydrogens is 236 g/mol. The number of aromatic nitrogens is 3. The zero-order valence-electron chi connectivity index (χ0n) is 12.6. The molecule has 0 radical (unpaired) electrons. The molecule has 0 aliphatic heterocycles. The maximum absolute atomic E-state index is 4.59. The molecule has 0 unspecified atom stereocenters. The molecule has 0 saturated carbocycles. The summed E-state index contributed by atoms with van der Waals surface area (Å²) >= 11 is 0. The van der Waals surface area contributed by atoms with Gasteiger partial charge in [0.05, 0.1) is 17.1 Å². The van der Waals surface area contributed by atoms with Gasteiger partial charge in [-0.05, 0) is 46.2 Å². The Morgan fingerprint density at radius 1 is 1.32 bits per heavy atom. The Labute approximate surface area is 115 Å². The molecule has 0 spiro atoms. The first-order valence-electron chi connectivity index (χ1n) is 6.97. The van der Waals surface area contributed by atoms with E-state index in [0.717, 1.165) is 24.5 Å². The zero-order valence-corrected chi connectivity index (χ0v) is 12.6. The smallest absolute Gasteiger partial charge is 0.0828 e. The van der Waals surface area contributed by atoms with Crippen molar-refractivity contribution >= 4 is 5.69 Å². The van der Waals surface area contributed by atoms with Crippen LogP contribution in [0, 0.1) is 13.8 Å². The number of aryl methyl sites for hydroxylation is 2. The van der Waals surface area contributed by atoms with Crippen LogP contribution in [0.2, 0.25) is 0 Å².